The molecule has 0 radical (unpaired) electrons. The second kappa shape index (κ2) is 9.01. The molecule has 1 amide bonds. The Labute approximate surface area is 175 Å². The van der Waals surface area contributed by atoms with E-state index in [1.54, 1.807) is 48.5 Å². The lowest BCUT2D eigenvalue weighted by Crippen LogP contribution is -2.15. The van der Waals surface area contributed by atoms with Crippen molar-refractivity contribution in [3.05, 3.63) is 77.4 Å². The predicted molar refractivity (Wildman–Crippen MR) is 110 cm³/mol. The summed E-state index contributed by atoms with van der Waals surface area (Å²) in [6.07, 6.45) is -4.73. The van der Waals surface area contributed by atoms with E-state index in [2.05, 4.69) is 10.3 Å². The van der Waals surface area contributed by atoms with Gasteiger partial charge in [0.1, 0.15) is 11.1 Å². The molecule has 0 spiro atoms. The van der Waals surface area contributed by atoms with Crippen molar-refractivity contribution in [2.75, 3.05) is 11.1 Å². The highest BCUT2D eigenvalue weighted by Gasteiger charge is 2.36. The first kappa shape index (κ1) is 21.4. The number of hydrogen-bond acceptors (Lipinski definition) is 4. The van der Waals surface area contributed by atoms with Gasteiger partial charge < -0.3 is 5.32 Å². The average molecular weight is 427 g/mol. The normalized spacial score (nSPS) is 11.0. The van der Waals surface area contributed by atoms with Crippen LogP contribution in [0.4, 0.5) is 18.9 Å². The zero-order valence-electron chi connectivity index (χ0n) is 15.8. The molecule has 152 valence electrons. The van der Waals surface area contributed by atoms with Crippen LogP contribution in [0.2, 0.25) is 0 Å². The minimum atomic E-state index is -4.73. The quantitative estimate of drug-likeness (QED) is 0.532. The molecule has 0 aliphatic heterocycles. The van der Waals surface area contributed by atoms with Gasteiger partial charge in [-0.1, -0.05) is 59.8 Å². The molecule has 0 saturated heterocycles. The second-order valence-electron chi connectivity index (χ2n) is 6.41. The number of anilines is 1. The van der Waals surface area contributed by atoms with Crippen molar-refractivity contribution in [2.45, 2.75) is 18.1 Å². The molecule has 1 heterocycles. The van der Waals surface area contributed by atoms with Crippen molar-refractivity contribution in [3.8, 4) is 17.3 Å². The molecular weight excluding hydrogens is 411 g/mol. The van der Waals surface area contributed by atoms with E-state index in [-0.39, 0.29) is 16.5 Å². The number of thioether (sulfide) groups is 1. The first-order valence-electron chi connectivity index (χ1n) is 8.85. The summed E-state index contributed by atoms with van der Waals surface area (Å²) in [7, 11) is 0. The number of nitrogens with one attached hydrogen (secondary N) is 1. The van der Waals surface area contributed by atoms with E-state index in [9.17, 15) is 23.2 Å². The fourth-order valence-electron chi connectivity index (χ4n) is 2.68. The molecule has 0 fully saturated rings. The molecule has 0 saturated carbocycles. The molecule has 0 unspecified atom stereocenters. The Bertz CT molecular complexity index is 1090. The topological polar surface area (TPSA) is 65.8 Å². The van der Waals surface area contributed by atoms with Gasteiger partial charge in [0.15, 0.2) is 0 Å². The lowest BCUT2D eigenvalue weighted by Gasteiger charge is -2.14. The Hall–Kier alpha value is -3.31. The zero-order valence-corrected chi connectivity index (χ0v) is 16.6. The zero-order chi connectivity index (χ0) is 21.7. The number of aryl methyl sites for hydroxylation is 1. The SMILES string of the molecule is Cc1ccc(NC(=O)CSc2nc(-c3ccccc3)cc(C(F)(F)F)c2C#N)cc1. The number of benzene rings is 2. The lowest BCUT2D eigenvalue weighted by atomic mass is 10.1. The van der Waals surface area contributed by atoms with Gasteiger partial charge in [-0.25, -0.2) is 4.98 Å². The maximum absolute atomic E-state index is 13.6. The highest BCUT2D eigenvalue weighted by atomic mass is 32.2. The van der Waals surface area contributed by atoms with Gasteiger partial charge in [-0.05, 0) is 25.1 Å². The number of halogens is 3. The molecule has 3 rings (SSSR count). The number of carbonyl (C=O) groups excluding carboxylic acids is 1. The average Bonchev–Trinajstić information content (AvgIpc) is 2.73. The van der Waals surface area contributed by atoms with E-state index >= 15 is 0 Å². The van der Waals surface area contributed by atoms with Crippen molar-refractivity contribution in [2.24, 2.45) is 0 Å². The Morgan fingerprint density at radius 2 is 1.80 bits per heavy atom. The van der Waals surface area contributed by atoms with Gasteiger partial charge in [-0.3, -0.25) is 4.79 Å². The molecule has 0 atom stereocenters. The van der Waals surface area contributed by atoms with E-state index < -0.39 is 23.2 Å². The molecule has 3 aromatic rings. The second-order valence-corrected chi connectivity index (χ2v) is 7.38. The van der Waals surface area contributed by atoms with Crippen LogP contribution in [-0.2, 0) is 11.0 Å². The van der Waals surface area contributed by atoms with Crippen LogP contribution in [0.3, 0.4) is 0 Å². The van der Waals surface area contributed by atoms with Crippen LogP contribution in [0.5, 0.6) is 0 Å². The number of amides is 1. The summed E-state index contributed by atoms with van der Waals surface area (Å²) < 4.78 is 40.7. The summed E-state index contributed by atoms with van der Waals surface area (Å²) >= 11 is 0.796. The van der Waals surface area contributed by atoms with Gasteiger partial charge in [0, 0.05) is 11.3 Å². The molecule has 0 aliphatic rings. The summed E-state index contributed by atoms with van der Waals surface area (Å²) in [4.78, 5) is 16.5. The van der Waals surface area contributed by atoms with Crippen molar-refractivity contribution in [1.29, 1.82) is 5.26 Å². The Morgan fingerprint density at radius 3 is 2.40 bits per heavy atom. The molecule has 0 bridgehead atoms. The number of hydrogen-bond donors (Lipinski definition) is 1. The third kappa shape index (κ3) is 5.19. The van der Waals surface area contributed by atoms with Crippen molar-refractivity contribution in [3.63, 3.8) is 0 Å². The minimum Gasteiger partial charge on any atom is -0.325 e. The number of pyridine rings is 1. The highest BCUT2D eigenvalue weighted by molar-refractivity contribution is 8.00. The molecule has 2 aromatic carbocycles. The number of rotatable bonds is 5. The first-order valence-corrected chi connectivity index (χ1v) is 9.83. The van der Waals surface area contributed by atoms with Gasteiger partial charge >= 0.3 is 6.18 Å². The van der Waals surface area contributed by atoms with Crippen LogP contribution in [0.1, 0.15) is 16.7 Å². The van der Waals surface area contributed by atoms with Crippen molar-refractivity contribution < 1.29 is 18.0 Å². The Kier molecular flexibility index (Phi) is 6.43. The predicted octanol–water partition coefficient (Wildman–Crippen LogP) is 5.68. The summed E-state index contributed by atoms with van der Waals surface area (Å²) in [5, 5.41) is 11.9. The summed E-state index contributed by atoms with van der Waals surface area (Å²) in [6, 6.07) is 18.0. The molecule has 8 heteroatoms. The van der Waals surface area contributed by atoms with E-state index in [1.807, 2.05) is 19.1 Å². The molecular formula is C22H16F3N3OS. The fraction of sp³-hybridized carbons (Fsp3) is 0.136. The van der Waals surface area contributed by atoms with E-state index in [0.717, 1.165) is 23.4 Å². The van der Waals surface area contributed by atoms with Crippen LogP contribution < -0.4 is 5.32 Å². The van der Waals surface area contributed by atoms with E-state index in [1.165, 1.54) is 0 Å². The molecule has 1 aromatic heterocycles. The van der Waals surface area contributed by atoms with Crippen LogP contribution in [0.25, 0.3) is 11.3 Å². The van der Waals surface area contributed by atoms with Gasteiger partial charge in [0.2, 0.25) is 5.91 Å². The van der Waals surface area contributed by atoms with E-state index in [0.29, 0.717) is 11.3 Å². The number of carbonyl (C=O) groups is 1. The number of aromatic nitrogens is 1. The summed E-state index contributed by atoms with van der Waals surface area (Å²) in [5.74, 6) is -0.598. The maximum atomic E-state index is 13.6. The first-order chi connectivity index (χ1) is 14.3. The molecule has 4 nitrogen and oxygen atoms in total. The van der Waals surface area contributed by atoms with Crippen molar-refractivity contribution in [1.82, 2.24) is 4.98 Å². The highest BCUT2D eigenvalue weighted by Crippen LogP contribution is 2.37. The minimum absolute atomic E-state index is 0.0865. The summed E-state index contributed by atoms with van der Waals surface area (Å²) in [6.45, 7) is 1.91. The Balaban J connectivity index is 1.89. The maximum Gasteiger partial charge on any atom is 0.417 e. The third-order valence-corrected chi connectivity index (χ3v) is 5.12. The van der Waals surface area contributed by atoms with Gasteiger partial charge in [0.05, 0.1) is 22.6 Å². The van der Waals surface area contributed by atoms with E-state index in [4.69, 9.17) is 0 Å². The monoisotopic (exact) mass is 427 g/mol. The number of nitrogens with zero attached hydrogens (tertiary/aromatic N) is 2. The van der Waals surface area contributed by atoms with Crippen LogP contribution in [-0.4, -0.2) is 16.6 Å². The molecule has 0 aliphatic carbocycles. The fourth-order valence-corrected chi connectivity index (χ4v) is 3.49. The van der Waals surface area contributed by atoms with Crippen LogP contribution >= 0.6 is 11.8 Å². The van der Waals surface area contributed by atoms with Gasteiger partial charge in [-0.2, -0.15) is 18.4 Å². The Morgan fingerprint density at radius 1 is 1.13 bits per heavy atom. The van der Waals surface area contributed by atoms with Gasteiger partial charge in [-0.15, -0.1) is 0 Å². The lowest BCUT2D eigenvalue weighted by molar-refractivity contribution is -0.138. The molecule has 1 N–H and O–H groups in total. The smallest absolute Gasteiger partial charge is 0.325 e. The number of alkyl halides is 3. The van der Waals surface area contributed by atoms with Crippen LogP contribution in [0.15, 0.2) is 65.7 Å². The molecule has 30 heavy (non-hydrogen) atoms. The largest absolute Gasteiger partial charge is 0.417 e. The summed E-state index contributed by atoms with van der Waals surface area (Å²) in [5.41, 5.74) is 0.522. The standard InChI is InChI=1S/C22H16F3N3OS/c1-14-7-9-16(10-8-14)27-20(29)13-30-21-17(12-26)18(22(23,24)25)11-19(28-21)15-5-3-2-4-6-15/h2-11H,13H2,1H3,(H,27,29). The van der Waals surface area contributed by atoms with Gasteiger partial charge in [0.25, 0.3) is 0 Å². The number of nitriles is 1. The third-order valence-electron chi connectivity index (χ3n) is 4.15. The van der Waals surface area contributed by atoms with Crippen molar-refractivity contribution >= 4 is 23.4 Å². The van der Waals surface area contributed by atoms with Crippen LogP contribution in [0, 0.1) is 18.3 Å².